The summed E-state index contributed by atoms with van der Waals surface area (Å²) in [6.45, 7) is 7.34. The lowest BCUT2D eigenvalue weighted by atomic mass is 9.80. The van der Waals surface area contributed by atoms with E-state index < -0.39 is 17.4 Å². The smallest absolute Gasteiger partial charge is 0.266 e. The Hall–Kier alpha value is -4.02. The molecule has 4 nitrogen and oxygen atoms in total. The van der Waals surface area contributed by atoms with E-state index in [0.717, 1.165) is 21.8 Å². The number of rotatable bonds is 7. The van der Waals surface area contributed by atoms with Crippen molar-refractivity contribution in [1.29, 1.82) is 0 Å². The van der Waals surface area contributed by atoms with Gasteiger partial charge >= 0.3 is 0 Å². The van der Waals surface area contributed by atoms with Crippen molar-refractivity contribution >= 4 is 11.8 Å². The van der Waals surface area contributed by atoms with Crippen LogP contribution >= 0.6 is 0 Å². The Bertz CT molecular complexity index is 1040. The van der Waals surface area contributed by atoms with Crippen molar-refractivity contribution in [2.75, 3.05) is 0 Å². The van der Waals surface area contributed by atoms with E-state index in [0.29, 0.717) is 0 Å². The fourth-order valence-electron chi connectivity index (χ4n) is 3.83. The third-order valence-corrected chi connectivity index (χ3v) is 5.30. The number of hydrogen-bond acceptors (Lipinski definition) is 3. The van der Waals surface area contributed by atoms with Gasteiger partial charge in [-0.1, -0.05) is 116 Å². The SMILES string of the molecule is C=CC1=C(C=C)C(=O)N(OC(c2ccccc2)(c2ccccc2)c2ccccc2)C1=O. The van der Waals surface area contributed by atoms with Crippen LogP contribution in [0.25, 0.3) is 0 Å². The monoisotopic (exact) mass is 407 g/mol. The summed E-state index contributed by atoms with van der Waals surface area (Å²) in [4.78, 5) is 32.6. The fraction of sp³-hybridized carbons (Fsp3) is 0.0370. The minimum Gasteiger partial charge on any atom is -0.266 e. The number of benzene rings is 3. The van der Waals surface area contributed by atoms with Gasteiger partial charge in [-0.15, -0.1) is 5.06 Å². The van der Waals surface area contributed by atoms with E-state index in [4.69, 9.17) is 4.84 Å². The number of carbonyl (C=O) groups excluding carboxylic acids is 2. The van der Waals surface area contributed by atoms with Crippen LogP contribution in [0.1, 0.15) is 16.7 Å². The first-order valence-electron chi connectivity index (χ1n) is 9.87. The van der Waals surface area contributed by atoms with Crippen molar-refractivity contribution in [2.24, 2.45) is 0 Å². The van der Waals surface area contributed by atoms with E-state index in [2.05, 4.69) is 13.2 Å². The molecule has 0 atom stereocenters. The van der Waals surface area contributed by atoms with E-state index in [1.54, 1.807) is 0 Å². The molecule has 0 spiro atoms. The number of hydrogen-bond donors (Lipinski definition) is 0. The lowest BCUT2D eigenvalue weighted by molar-refractivity contribution is -0.214. The minimum absolute atomic E-state index is 0.170. The van der Waals surface area contributed by atoms with Gasteiger partial charge in [-0.2, -0.15) is 0 Å². The first-order chi connectivity index (χ1) is 15.1. The predicted octanol–water partition coefficient (Wildman–Crippen LogP) is 4.95. The molecule has 0 saturated carbocycles. The first kappa shape index (κ1) is 20.3. The second kappa shape index (κ2) is 8.38. The van der Waals surface area contributed by atoms with Gasteiger partial charge < -0.3 is 0 Å². The quantitative estimate of drug-likeness (QED) is 0.411. The Morgan fingerprint density at radius 2 is 0.935 bits per heavy atom. The van der Waals surface area contributed by atoms with Gasteiger partial charge in [0.1, 0.15) is 0 Å². The zero-order chi connectivity index (χ0) is 21.8. The number of nitrogens with zero attached hydrogens (tertiary/aromatic N) is 1. The summed E-state index contributed by atoms with van der Waals surface area (Å²) in [6.07, 6.45) is 2.71. The highest BCUT2D eigenvalue weighted by atomic mass is 16.7. The van der Waals surface area contributed by atoms with E-state index in [9.17, 15) is 9.59 Å². The Morgan fingerprint density at radius 1 is 0.613 bits per heavy atom. The molecule has 4 rings (SSSR count). The Balaban J connectivity index is 1.96. The number of amides is 2. The molecule has 1 aliphatic rings. The Kier molecular flexibility index (Phi) is 5.48. The normalized spacial score (nSPS) is 14.1. The molecule has 3 aromatic rings. The predicted molar refractivity (Wildman–Crippen MR) is 120 cm³/mol. The molecule has 152 valence electrons. The number of imide groups is 1. The molecule has 0 aliphatic carbocycles. The van der Waals surface area contributed by atoms with Crippen LogP contribution in [-0.2, 0) is 20.0 Å². The first-order valence-corrected chi connectivity index (χ1v) is 9.87. The summed E-state index contributed by atoms with van der Waals surface area (Å²) in [6, 6.07) is 28.6. The summed E-state index contributed by atoms with van der Waals surface area (Å²) in [5, 5.41) is 0.820. The molecule has 0 N–H and O–H groups in total. The summed E-state index contributed by atoms with van der Waals surface area (Å²) in [5.41, 5.74) is 1.43. The van der Waals surface area contributed by atoms with Crippen molar-refractivity contribution in [2.45, 2.75) is 5.60 Å². The van der Waals surface area contributed by atoms with Gasteiger partial charge in [0.15, 0.2) is 5.60 Å². The molecule has 0 radical (unpaired) electrons. The van der Waals surface area contributed by atoms with E-state index in [1.807, 2.05) is 91.0 Å². The van der Waals surface area contributed by atoms with Crippen LogP contribution in [0.15, 0.2) is 127 Å². The van der Waals surface area contributed by atoms with Crippen LogP contribution < -0.4 is 0 Å². The van der Waals surface area contributed by atoms with Crippen LogP contribution in [0.2, 0.25) is 0 Å². The van der Waals surface area contributed by atoms with Gasteiger partial charge in [-0.25, -0.2) is 4.84 Å². The van der Waals surface area contributed by atoms with Crippen LogP contribution in [0.3, 0.4) is 0 Å². The molecule has 0 bridgehead atoms. The third kappa shape index (κ3) is 3.33. The van der Waals surface area contributed by atoms with Crippen molar-refractivity contribution in [3.63, 3.8) is 0 Å². The minimum atomic E-state index is -1.24. The average molecular weight is 407 g/mol. The van der Waals surface area contributed by atoms with Gasteiger partial charge in [0, 0.05) is 0 Å². The number of carbonyl (C=O) groups is 2. The van der Waals surface area contributed by atoms with E-state index in [-0.39, 0.29) is 11.1 Å². The molecule has 0 fully saturated rings. The lowest BCUT2D eigenvalue weighted by Gasteiger charge is -2.37. The van der Waals surface area contributed by atoms with Gasteiger partial charge in [0.25, 0.3) is 11.8 Å². The second-order valence-corrected chi connectivity index (χ2v) is 7.01. The van der Waals surface area contributed by atoms with Crippen molar-refractivity contribution < 1.29 is 14.4 Å². The molecular formula is C27H21NO3. The van der Waals surface area contributed by atoms with Crippen molar-refractivity contribution in [3.8, 4) is 0 Å². The zero-order valence-electron chi connectivity index (χ0n) is 16.9. The second-order valence-electron chi connectivity index (χ2n) is 7.01. The summed E-state index contributed by atoms with van der Waals surface area (Å²) >= 11 is 0. The molecule has 1 aliphatic heterocycles. The third-order valence-electron chi connectivity index (χ3n) is 5.30. The average Bonchev–Trinajstić information content (AvgIpc) is 3.07. The highest BCUT2D eigenvalue weighted by Gasteiger charge is 2.46. The van der Waals surface area contributed by atoms with Gasteiger partial charge in [-0.05, 0) is 16.7 Å². The van der Waals surface area contributed by atoms with Gasteiger partial charge in [-0.3, -0.25) is 9.59 Å². The molecule has 0 unspecified atom stereocenters. The highest BCUT2D eigenvalue weighted by Crippen LogP contribution is 2.42. The Labute approximate surface area is 181 Å². The largest absolute Gasteiger partial charge is 0.285 e. The molecule has 4 heteroatoms. The van der Waals surface area contributed by atoms with Crippen LogP contribution in [0.5, 0.6) is 0 Å². The zero-order valence-corrected chi connectivity index (χ0v) is 16.9. The van der Waals surface area contributed by atoms with Crippen LogP contribution in [0, 0.1) is 0 Å². The maximum atomic E-state index is 13.1. The van der Waals surface area contributed by atoms with Gasteiger partial charge in [0.2, 0.25) is 0 Å². The summed E-state index contributed by atoms with van der Waals surface area (Å²) in [7, 11) is 0. The van der Waals surface area contributed by atoms with Crippen LogP contribution in [0.4, 0.5) is 0 Å². The molecule has 0 saturated heterocycles. The van der Waals surface area contributed by atoms with Crippen molar-refractivity contribution in [3.05, 3.63) is 144 Å². The van der Waals surface area contributed by atoms with E-state index in [1.165, 1.54) is 12.2 Å². The van der Waals surface area contributed by atoms with E-state index >= 15 is 0 Å². The standard InChI is InChI=1S/C27H21NO3/c1-3-23-24(4-2)26(30)28(25(23)29)31-27(20-14-8-5-9-15-20,21-16-10-6-11-17-21)22-18-12-7-13-19-22/h3-19H,1-2H2. The molecule has 1 heterocycles. The molecular weight excluding hydrogens is 386 g/mol. The molecule has 31 heavy (non-hydrogen) atoms. The summed E-state index contributed by atoms with van der Waals surface area (Å²) < 4.78 is 0. The van der Waals surface area contributed by atoms with Crippen molar-refractivity contribution in [1.82, 2.24) is 5.06 Å². The number of hydroxylamine groups is 2. The van der Waals surface area contributed by atoms with Gasteiger partial charge in [0.05, 0.1) is 11.1 Å². The van der Waals surface area contributed by atoms with Crippen LogP contribution in [-0.4, -0.2) is 16.9 Å². The molecule has 0 aromatic heterocycles. The molecule has 2 amide bonds. The Morgan fingerprint density at radius 3 is 1.23 bits per heavy atom. The highest BCUT2D eigenvalue weighted by molar-refractivity contribution is 6.21. The lowest BCUT2D eigenvalue weighted by Crippen LogP contribution is -2.43. The maximum Gasteiger partial charge on any atom is 0.285 e. The topological polar surface area (TPSA) is 46.6 Å². The fourth-order valence-corrected chi connectivity index (χ4v) is 3.83. The maximum absolute atomic E-state index is 13.1. The summed E-state index contributed by atoms with van der Waals surface area (Å²) in [5.74, 6) is -1.14. The molecule has 3 aromatic carbocycles.